The number of hydrogen-bond donors (Lipinski definition) is 2. The second kappa shape index (κ2) is 6.93. The molecule has 1 unspecified atom stereocenters. The number of carbonyl (C=O) groups is 1. The first-order valence-corrected chi connectivity index (χ1v) is 8.55. The Morgan fingerprint density at radius 2 is 1.76 bits per heavy atom. The topological polar surface area (TPSA) is 104 Å². The fourth-order valence-electron chi connectivity index (χ4n) is 2.32. The molecule has 0 saturated carbocycles. The lowest BCUT2D eigenvalue weighted by atomic mass is 10.1. The Balaban J connectivity index is 2.33. The standard InChI is InChI=1S/C15H9Cl2N3O4S/c16-9-6-8(15(21)22)13(7-10(9)17)20(25(23)24)12-3-1-2-11-14(12)19-5-4-18-11/h1-7H,(H,21,22)(H,23,24). The molecule has 1 atom stereocenters. The van der Waals surface area contributed by atoms with Crippen molar-refractivity contribution in [3.8, 4) is 0 Å². The second-order valence-electron chi connectivity index (χ2n) is 4.81. The van der Waals surface area contributed by atoms with E-state index in [1.54, 1.807) is 12.1 Å². The normalized spacial score (nSPS) is 12.1. The molecule has 3 rings (SSSR count). The summed E-state index contributed by atoms with van der Waals surface area (Å²) in [5.41, 5.74) is 0.632. The van der Waals surface area contributed by atoms with E-state index in [0.717, 1.165) is 10.4 Å². The van der Waals surface area contributed by atoms with Crippen molar-refractivity contribution in [3.05, 3.63) is 58.3 Å². The molecule has 0 spiro atoms. The Bertz CT molecular complexity index is 1010. The van der Waals surface area contributed by atoms with E-state index in [4.69, 9.17) is 23.2 Å². The number of aromatic nitrogens is 2. The molecule has 1 heterocycles. The first-order chi connectivity index (χ1) is 11.9. The molecule has 2 N–H and O–H groups in total. The number of fused-ring (bicyclic) bond motifs is 1. The van der Waals surface area contributed by atoms with Gasteiger partial charge in [0.25, 0.3) is 11.3 Å². The van der Waals surface area contributed by atoms with Crippen LogP contribution in [-0.4, -0.2) is 29.8 Å². The summed E-state index contributed by atoms with van der Waals surface area (Å²) in [5.74, 6) is -1.32. The second-order valence-corrected chi connectivity index (χ2v) is 6.46. The summed E-state index contributed by atoms with van der Waals surface area (Å²) in [4.78, 5) is 19.9. The molecule has 128 valence electrons. The molecule has 0 aliphatic carbocycles. The van der Waals surface area contributed by atoms with Gasteiger partial charge in [0.2, 0.25) is 0 Å². The summed E-state index contributed by atoms with van der Waals surface area (Å²) in [6.45, 7) is 0. The number of nitrogens with zero attached hydrogens (tertiary/aromatic N) is 3. The minimum atomic E-state index is -2.60. The van der Waals surface area contributed by atoms with Crippen molar-refractivity contribution in [1.82, 2.24) is 9.97 Å². The average Bonchev–Trinajstić information content (AvgIpc) is 2.57. The van der Waals surface area contributed by atoms with Crippen LogP contribution in [0.15, 0.2) is 42.7 Å². The highest BCUT2D eigenvalue weighted by Crippen LogP contribution is 2.37. The number of aromatic carboxylic acids is 1. The van der Waals surface area contributed by atoms with Gasteiger partial charge in [-0.15, -0.1) is 0 Å². The van der Waals surface area contributed by atoms with Crippen LogP contribution in [0.5, 0.6) is 0 Å². The Kier molecular flexibility index (Phi) is 4.87. The van der Waals surface area contributed by atoms with Gasteiger partial charge >= 0.3 is 5.97 Å². The minimum Gasteiger partial charge on any atom is -0.478 e. The van der Waals surface area contributed by atoms with Crippen LogP contribution in [0, 0.1) is 0 Å². The highest BCUT2D eigenvalue weighted by Gasteiger charge is 2.25. The SMILES string of the molecule is O=C(O)c1cc(Cl)c(Cl)cc1N(c1cccc2nccnc12)S(=O)O. The summed E-state index contributed by atoms with van der Waals surface area (Å²) >= 11 is 9.26. The maximum Gasteiger partial charge on any atom is 0.337 e. The summed E-state index contributed by atoms with van der Waals surface area (Å²) < 4.78 is 22.8. The number of anilines is 2. The van der Waals surface area contributed by atoms with Crippen LogP contribution in [0.1, 0.15) is 10.4 Å². The van der Waals surface area contributed by atoms with Crippen LogP contribution in [0.3, 0.4) is 0 Å². The zero-order valence-corrected chi connectivity index (χ0v) is 14.6. The van der Waals surface area contributed by atoms with E-state index in [-0.39, 0.29) is 27.0 Å². The lowest BCUT2D eigenvalue weighted by molar-refractivity contribution is 0.0698. The third-order valence-electron chi connectivity index (χ3n) is 3.34. The number of carboxylic acids is 1. The predicted octanol–water partition coefficient (Wildman–Crippen LogP) is 3.91. The van der Waals surface area contributed by atoms with Crippen molar-refractivity contribution in [1.29, 1.82) is 0 Å². The van der Waals surface area contributed by atoms with Gasteiger partial charge < -0.3 is 5.11 Å². The van der Waals surface area contributed by atoms with Crippen LogP contribution < -0.4 is 4.31 Å². The highest BCUT2D eigenvalue weighted by atomic mass is 35.5. The first kappa shape index (κ1) is 17.6. The van der Waals surface area contributed by atoms with Crippen LogP contribution in [0.25, 0.3) is 11.0 Å². The van der Waals surface area contributed by atoms with Crippen molar-refractivity contribution in [2.24, 2.45) is 0 Å². The fourth-order valence-corrected chi connectivity index (χ4v) is 3.27. The van der Waals surface area contributed by atoms with Crippen molar-refractivity contribution < 1.29 is 18.7 Å². The molecule has 0 amide bonds. The monoisotopic (exact) mass is 397 g/mol. The summed E-state index contributed by atoms with van der Waals surface area (Å²) in [7, 11) is 0. The Hall–Kier alpha value is -2.26. The predicted molar refractivity (Wildman–Crippen MR) is 95.9 cm³/mol. The van der Waals surface area contributed by atoms with E-state index < -0.39 is 17.2 Å². The van der Waals surface area contributed by atoms with Gasteiger partial charge in [-0.05, 0) is 24.3 Å². The number of para-hydroxylation sites is 1. The molecule has 10 heteroatoms. The third kappa shape index (κ3) is 3.29. The lowest BCUT2D eigenvalue weighted by Gasteiger charge is -2.23. The molecule has 2 aromatic carbocycles. The molecule has 0 saturated heterocycles. The van der Waals surface area contributed by atoms with E-state index >= 15 is 0 Å². The van der Waals surface area contributed by atoms with Gasteiger partial charge in [-0.25, -0.2) is 13.3 Å². The van der Waals surface area contributed by atoms with E-state index in [2.05, 4.69) is 9.97 Å². The van der Waals surface area contributed by atoms with Crippen LogP contribution in [-0.2, 0) is 11.3 Å². The number of halogens is 2. The molecule has 1 aromatic heterocycles. The van der Waals surface area contributed by atoms with E-state index in [1.807, 2.05) is 0 Å². The van der Waals surface area contributed by atoms with E-state index in [1.165, 1.54) is 24.5 Å². The van der Waals surface area contributed by atoms with Gasteiger partial charge in [-0.2, -0.15) is 0 Å². The largest absolute Gasteiger partial charge is 0.478 e. The van der Waals surface area contributed by atoms with Crippen molar-refractivity contribution in [3.63, 3.8) is 0 Å². The van der Waals surface area contributed by atoms with Crippen LogP contribution >= 0.6 is 23.2 Å². The van der Waals surface area contributed by atoms with Crippen molar-refractivity contribution >= 4 is 62.8 Å². The van der Waals surface area contributed by atoms with Gasteiger partial charge in [-0.3, -0.25) is 14.5 Å². The van der Waals surface area contributed by atoms with Gasteiger partial charge in [0.1, 0.15) is 5.52 Å². The molecule has 7 nitrogen and oxygen atoms in total. The maximum atomic E-state index is 12.0. The molecule has 0 bridgehead atoms. The van der Waals surface area contributed by atoms with Gasteiger partial charge in [0.15, 0.2) is 0 Å². The maximum absolute atomic E-state index is 12.0. The summed E-state index contributed by atoms with van der Waals surface area (Å²) in [5, 5.41) is 9.50. The Labute approximate surface area is 154 Å². The van der Waals surface area contributed by atoms with Crippen LogP contribution in [0.4, 0.5) is 11.4 Å². The van der Waals surface area contributed by atoms with Gasteiger partial charge in [0, 0.05) is 12.4 Å². The molecular weight excluding hydrogens is 389 g/mol. The molecule has 25 heavy (non-hydrogen) atoms. The third-order valence-corrected chi connectivity index (χ3v) is 4.77. The fraction of sp³-hybridized carbons (Fsp3) is 0. The lowest BCUT2D eigenvalue weighted by Crippen LogP contribution is -2.22. The Morgan fingerprint density at radius 1 is 1.08 bits per heavy atom. The number of hydrogen-bond acceptors (Lipinski definition) is 4. The zero-order valence-electron chi connectivity index (χ0n) is 12.3. The molecule has 0 fully saturated rings. The summed E-state index contributed by atoms with van der Waals surface area (Å²) in [6, 6.07) is 7.16. The first-order valence-electron chi connectivity index (χ1n) is 6.73. The van der Waals surface area contributed by atoms with Crippen molar-refractivity contribution in [2.45, 2.75) is 0 Å². The minimum absolute atomic E-state index is 0.0178. The van der Waals surface area contributed by atoms with Gasteiger partial charge in [-0.1, -0.05) is 29.3 Å². The molecule has 0 aliphatic rings. The number of rotatable bonds is 4. The highest BCUT2D eigenvalue weighted by molar-refractivity contribution is 7.81. The van der Waals surface area contributed by atoms with E-state index in [0.29, 0.717) is 11.0 Å². The van der Waals surface area contributed by atoms with Crippen LogP contribution in [0.2, 0.25) is 10.0 Å². The zero-order chi connectivity index (χ0) is 18.1. The molecule has 0 aliphatic heterocycles. The molecular formula is C15H9Cl2N3O4S. The van der Waals surface area contributed by atoms with Crippen molar-refractivity contribution in [2.75, 3.05) is 4.31 Å². The van der Waals surface area contributed by atoms with Gasteiger partial charge in [0.05, 0.1) is 32.5 Å². The van der Waals surface area contributed by atoms with E-state index in [9.17, 15) is 18.7 Å². The average molecular weight is 398 g/mol. The molecule has 0 radical (unpaired) electrons. The Morgan fingerprint density at radius 3 is 2.44 bits per heavy atom. The molecule has 3 aromatic rings. The number of benzene rings is 2. The number of carboxylic acid groups (broad SMARTS) is 1. The quantitative estimate of drug-likeness (QED) is 0.646. The summed E-state index contributed by atoms with van der Waals surface area (Å²) in [6.07, 6.45) is 2.91. The smallest absolute Gasteiger partial charge is 0.337 e.